The molecule has 0 spiro atoms. The van der Waals surface area contributed by atoms with Gasteiger partial charge >= 0.3 is 12.6 Å². The Balaban J connectivity index is 2.08. The first kappa shape index (κ1) is 24.7. The largest absolute Gasteiger partial charge is 0.434 e. The number of ether oxygens (including phenoxy) is 1. The summed E-state index contributed by atoms with van der Waals surface area (Å²) in [6.07, 6.45) is 1.59. The molecule has 34 heavy (non-hydrogen) atoms. The van der Waals surface area contributed by atoms with E-state index in [0.717, 1.165) is 0 Å². The van der Waals surface area contributed by atoms with Crippen LogP contribution in [0, 0.1) is 11.3 Å². The van der Waals surface area contributed by atoms with Crippen LogP contribution < -0.4 is 14.4 Å². The number of carbonyl (C=O) groups excluding carboxylic acids is 1. The minimum absolute atomic E-state index is 0.000621. The summed E-state index contributed by atoms with van der Waals surface area (Å²) in [6.45, 7) is -1.26. The molecule has 0 aliphatic heterocycles. The number of halogens is 2. The van der Waals surface area contributed by atoms with E-state index in [2.05, 4.69) is 20.3 Å². The second-order valence-corrected chi connectivity index (χ2v) is 9.50. The zero-order valence-electron chi connectivity index (χ0n) is 18.5. The summed E-state index contributed by atoms with van der Waals surface area (Å²) in [6, 6.07) is 14.7. The lowest BCUT2D eigenvalue weighted by Crippen LogP contribution is -2.30. The number of benzene rings is 2. The number of oxazole rings is 1. The van der Waals surface area contributed by atoms with Gasteiger partial charge in [0.15, 0.2) is 5.69 Å². The van der Waals surface area contributed by atoms with Crippen molar-refractivity contribution in [3.8, 4) is 11.8 Å². The van der Waals surface area contributed by atoms with Crippen molar-refractivity contribution in [1.29, 1.82) is 5.26 Å². The Morgan fingerprint density at radius 3 is 2.56 bits per heavy atom. The van der Waals surface area contributed by atoms with Gasteiger partial charge in [-0.2, -0.15) is 19.0 Å². The van der Waals surface area contributed by atoms with E-state index in [0.29, 0.717) is 23.2 Å². The molecule has 1 heterocycles. The van der Waals surface area contributed by atoms with E-state index in [1.165, 1.54) is 12.3 Å². The van der Waals surface area contributed by atoms with Gasteiger partial charge in [-0.15, -0.1) is 0 Å². The highest BCUT2D eigenvalue weighted by molar-refractivity contribution is 7.98. The lowest BCUT2D eigenvalue weighted by molar-refractivity contribution is -0.0504. The molecular formula is C23H22F2N4O4S. The number of alkyl halides is 2. The fraction of sp³-hybridized carbons (Fsp3) is 0.217. The Morgan fingerprint density at radius 2 is 1.97 bits per heavy atom. The molecule has 1 N–H and O–H groups in total. The topological polar surface area (TPSA) is 108 Å². The summed E-state index contributed by atoms with van der Waals surface area (Å²) >= 11 is 0. The van der Waals surface area contributed by atoms with Gasteiger partial charge in [0, 0.05) is 33.6 Å². The molecule has 1 unspecified atom stereocenters. The molecule has 3 rings (SSSR count). The van der Waals surface area contributed by atoms with Crippen LogP contribution >= 0.6 is 0 Å². The predicted molar refractivity (Wildman–Crippen MR) is 125 cm³/mol. The van der Waals surface area contributed by atoms with E-state index in [1.807, 2.05) is 6.07 Å². The molecule has 3 aromatic rings. The average molecular weight is 489 g/mol. The number of nitrogens with zero attached hydrogens (tertiary/aromatic N) is 3. The molecule has 0 bridgehead atoms. The zero-order chi connectivity index (χ0) is 24.9. The van der Waals surface area contributed by atoms with Crippen LogP contribution in [0.2, 0.25) is 0 Å². The number of carbonyl (C=O) groups is 1. The number of aromatic nitrogens is 1. The number of hydrogen-bond acceptors (Lipinski definition) is 7. The summed E-state index contributed by atoms with van der Waals surface area (Å²) in [5.41, 5.74) is 1.29. The van der Waals surface area contributed by atoms with Crippen LogP contribution in [0.1, 0.15) is 34.3 Å². The van der Waals surface area contributed by atoms with E-state index in [-0.39, 0.29) is 29.8 Å². The first-order chi connectivity index (χ1) is 16.1. The molecule has 2 aromatic carbocycles. The molecule has 178 valence electrons. The van der Waals surface area contributed by atoms with Crippen molar-refractivity contribution in [1.82, 2.24) is 9.71 Å². The number of rotatable bonds is 9. The standard InChI is InChI=1S/C23H22F2N4O4S/c1-4-18-20(21(30)28-34(2,3)31)27-23(33-18)29(17-11-9-15(13-26)10-12-17)14-16-7-5-6-8-19(16)32-22(24)25/h5-12,22H,2,4,14H2,1,3H3,(H,28,30,31). The molecule has 0 saturated carbocycles. The highest BCUT2D eigenvalue weighted by atomic mass is 32.2. The maximum absolute atomic E-state index is 12.9. The number of aryl methyl sites for hydroxylation is 1. The van der Waals surface area contributed by atoms with Crippen LogP contribution in [0.5, 0.6) is 5.75 Å². The second kappa shape index (κ2) is 10.4. The van der Waals surface area contributed by atoms with Gasteiger partial charge in [-0.25, -0.2) is 4.21 Å². The maximum atomic E-state index is 12.9. The molecule has 0 fully saturated rings. The van der Waals surface area contributed by atoms with Crippen molar-refractivity contribution in [3.63, 3.8) is 0 Å². The molecular weight excluding hydrogens is 466 g/mol. The number of anilines is 2. The molecule has 0 saturated heterocycles. The smallest absolute Gasteiger partial charge is 0.387 e. The lowest BCUT2D eigenvalue weighted by atomic mass is 10.1. The molecule has 1 atom stereocenters. The quantitative estimate of drug-likeness (QED) is 0.453. The van der Waals surface area contributed by atoms with Gasteiger partial charge in [-0.05, 0) is 36.2 Å². The van der Waals surface area contributed by atoms with Gasteiger partial charge in [-0.1, -0.05) is 25.1 Å². The molecule has 11 heteroatoms. The average Bonchev–Trinajstić information content (AvgIpc) is 3.21. The number of nitrogens with one attached hydrogen (secondary N) is 1. The third-order valence-corrected chi connectivity index (χ3v) is 5.20. The fourth-order valence-corrected chi connectivity index (χ4v) is 3.61. The normalized spacial score (nSPS) is 12.6. The number of hydrogen-bond donors (Lipinski definition) is 1. The summed E-state index contributed by atoms with van der Waals surface area (Å²) in [4.78, 5) is 18.5. The van der Waals surface area contributed by atoms with Gasteiger partial charge in [0.1, 0.15) is 11.5 Å². The minimum atomic E-state index is -3.01. The van der Waals surface area contributed by atoms with Crippen LogP contribution in [0.3, 0.4) is 0 Å². The second-order valence-electron chi connectivity index (χ2n) is 7.29. The number of para-hydroxylation sites is 1. The summed E-state index contributed by atoms with van der Waals surface area (Å²) in [5, 5.41) is 9.11. The molecule has 1 amide bonds. The highest BCUT2D eigenvalue weighted by Gasteiger charge is 2.25. The number of amides is 1. The van der Waals surface area contributed by atoms with Gasteiger partial charge in [0.2, 0.25) is 0 Å². The van der Waals surface area contributed by atoms with Crippen molar-refractivity contribution < 1.29 is 26.9 Å². The lowest BCUT2D eigenvalue weighted by Gasteiger charge is -2.22. The third kappa shape index (κ3) is 6.11. The first-order valence-electron chi connectivity index (χ1n) is 10.1. The monoisotopic (exact) mass is 488 g/mol. The van der Waals surface area contributed by atoms with Crippen LogP contribution in [0.4, 0.5) is 20.5 Å². The van der Waals surface area contributed by atoms with Crippen molar-refractivity contribution in [2.75, 3.05) is 11.2 Å². The number of nitriles is 1. The van der Waals surface area contributed by atoms with E-state index in [1.54, 1.807) is 54.3 Å². The van der Waals surface area contributed by atoms with Gasteiger partial charge < -0.3 is 9.15 Å². The van der Waals surface area contributed by atoms with Crippen LogP contribution in [0.15, 0.2) is 52.9 Å². The van der Waals surface area contributed by atoms with E-state index in [9.17, 15) is 17.8 Å². The fourth-order valence-electron chi connectivity index (χ4n) is 3.12. The van der Waals surface area contributed by atoms with Crippen molar-refractivity contribution in [3.05, 3.63) is 71.1 Å². The Labute approximate surface area is 195 Å². The summed E-state index contributed by atoms with van der Waals surface area (Å²) in [5.74, 6) is 2.91. The summed E-state index contributed by atoms with van der Waals surface area (Å²) in [7, 11) is -2.85. The maximum Gasteiger partial charge on any atom is 0.387 e. The van der Waals surface area contributed by atoms with E-state index in [4.69, 9.17) is 9.68 Å². The van der Waals surface area contributed by atoms with Crippen molar-refractivity contribution in [2.24, 2.45) is 0 Å². The van der Waals surface area contributed by atoms with E-state index < -0.39 is 22.2 Å². The Hall–Kier alpha value is -3.91. The Morgan fingerprint density at radius 1 is 1.29 bits per heavy atom. The minimum Gasteiger partial charge on any atom is -0.434 e. The van der Waals surface area contributed by atoms with Crippen LogP contribution in [0.25, 0.3) is 0 Å². The van der Waals surface area contributed by atoms with Gasteiger partial charge in [0.25, 0.3) is 5.91 Å². The van der Waals surface area contributed by atoms with Crippen molar-refractivity contribution >= 4 is 33.2 Å². The van der Waals surface area contributed by atoms with Gasteiger partial charge in [0.05, 0.1) is 18.2 Å². The molecule has 0 aliphatic rings. The van der Waals surface area contributed by atoms with E-state index >= 15 is 0 Å². The molecule has 0 radical (unpaired) electrons. The SMILES string of the molecule is C=S(C)(=O)NC(=O)c1nc(N(Cc2ccccc2OC(F)F)c2ccc(C#N)cc2)oc1CC. The zero-order valence-corrected chi connectivity index (χ0v) is 19.3. The highest BCUT2D eigenvalue weighted by Crippen LogP contribution is 2.32. The molecule has 1 aromatic heterocycles. The third-order valence-electron chi connectivity index (χ3n) is 4.59. The Kier molecular flexibility index (Phi) is 7.53. The molecule has 0 aliphatic carbocycles. The van der Waals surface area contributed by atoms with Crippen LogP contribution in [-0.4, -0.2) is 33.8 Å². The Bertz CT molecular complexity index is 1320. The van der Waals surface area contributed by atoms with Crippen molar-refractivity contribution in [2.45, 2.75) is 26.5 Å². The van der Waals surface area contributed by atoms with Gasteiger partial charge in [-0.3, -0.25) is 14.4 Å². The first-order valence-corrected chi connectivity index (χ1v) is 12.2. The summed E-state index contributed by atoms with van der Waals surface area (Å²) < 4.78 is 50.6. The predicted octanol–water partition coefficient (Wildman–Crippen LogP) is 4.04. The molecule has 8 nitrogen and oxygen atoms in total. The van der Waals surface area contributed by atoms with Crippen LogP contribution in [-0.2, 0) is 22.7 Å².